The summed E-state index contributed by atoms with van der Waals surface area (Å²) in [5.74, 6) is -0.195. The number of nitro benzene ring substituents is 1. The van der Waals surface area contributed by atoms with E-state index in [1.165, 1.54) is 11.6 Å². The second kappa shape index (κ2) is 8.08. The number of rotatable bonds is 7. The molecule has 2 aromatic carbocycles. The van der Waals surface area contributed by atoms with E-state index in [0.29, 0.717) is 5.56 Å². The summed E-state index contributed by atoms with van der Waals surface area (Å²) in [5, 5.41) is 13.9. The molecule has 0 saturated carbocycles. The van der Waals surface area contributed by atoms with Gasteiger partial charge in [0.2, 0.25) is 5.91 Å². The summed E-state index contributed by atoms with van der Waals surface area (Å²) >= 11 is 0. The Balaban J connectivity index is 1.86. The number of hydrogen-bond acceptors (Lipinski definition) is 3. The minimum atomic E-state index is -0.457. The Hall–Kier alpha value is -2.69. The van der Waals surface area contributed by atoms with Crippen molar-refractivity contribution in [1.82, 2.24) is 5.32 Å². The van der Waals surface area contributed by atoms with Gasteiger partial charge in [0.15, 0.2) is 0 Å². The van der Waals surface area contributed by atoms with Gasteiger partial charge in [-0.15, -0.1) is 0 Å². The quantitative estimate of drug-likeness (QED) is 0.630. The summed E-state index contributed by atoms with van der Waals surface area (Å²) in [7, 11) is 0. The molecule has 0 aliphatic heterocycles. The lowest BCUT2D eigenvalue weighted by atomic mass is 10.1. The van der Waals surface area contributed by atoms with Crippen LogP contribution >= 0.6 is 0 Å². The smallest absolute Gasteiger partial charge is 0.273 e. The molecule has 0 aliphatic rings. The molecule has 0 radical (unpaired) electrons. The summed E-state index contributed by atoms with van der Waals surface area (Å²) in [6.45, 7) is 1.94. The van der Waals surface area contributed by atoms with Crippen molar-refractivity contribution in [3.8, 4) is 0 Å². The molecule has 0 saturated heterocycles. The molecule has 0 aromatic heterocycles. The van der Waals surface area contributed by atoms with Gasteiger partial charge >= 0.3 is 0 Å². The Morgan fingerprint density at radius 2 is 1.78 bits per heavy atom. The van der Waals surface area contributed by atoms with E-state index in [1.807, 2.05) is 25.1 Å². The molecule has 0 heterocycles. The maximum Gasteiger partial charge on any atom is 0.273 e. The van der Waals surface area contributed by atoms with E-state index in [-0.39, 0.29) is 24.1 Å². The lowest BCUT2D eigenvalue weighted by molar-refractivity contribution is -0.385. The van der Waals surface area contributed by atoms with Gasteiger partial charge < -0.3 is 5.32 Å². The molecule has 1 amide bonds. The molecule has 0 aliphatic carbocycles. The molecular formula is C18H20N2O3. The van der Waals surface area contributed by atoms with Gasteiger partial charge in [-0.1, -0.05) is 48.5 Å². The number of benzene rings is 2. The summed E-state index contributed by atoms with van der Waals surface area (Å²) in [6.07, 6.45) is 1.73. The molecule has 2 rings (SSSR count). The van der Waals surface area contributed by atoms with Crippen molar-refractivity contribution in [1.29, 1.82) is 0 Å². The van der Waals surface area contributed by atoms with Crippen molar-refractivity contribution in [2.24, 2.45) is 0 Å². The fraction of sp³-hybridized carbons (Fsp3) is 0.278. The number of amides is 1. The number of carbonyl (C=O) groups is 1. The summed E-state index contributed by atoms with van der Waals surface area (Å²) < 4.78 is 0. The molecule has 2 aromatic rings. The van der Waals surface area contributed by atoms with Crippen molar-refractivity contribution >= 4 is 11.6 Å². The number of hydrogen-bond donors (Lipinski definition) is 1. The first kappa shape index (κ1) is 16.7. The van der Waals surface area contributed by atoms with Crippen LogP contribution in [0.2, 0.25) is 0 Å². The lowest BCUT2D eigenvalue weighted by Gasteiger charge is -2.14. The molecular weight excluding hydrogens is 292 g/mol. The normalized spacial score (nSPS) is 11.7. The number of aryl methyl sites for hydroxylation is 1. The lowest BCUT2D eigenvalue weighted by Crippen LogP contribution is -2.34. The van der Waals surface area contributed by atoms with Crippen molar-refractivity contribution in [2.75, 3.05) is 0 Å². The van der Waals surface area contributed by atoms with E-state index in [4.69, 9.17) is 0 Å². The van der Waals surface area contributed by atoms with Gasteiger partial charge in [0, 0.05) is 17.7 Å². The Morgan fingerprint density at radius 1 is 1.13 bits per heavy atom. The van der Waals surface area contributed by atoms with E-state index < -0.39 is 4.92 Å². The van der Waals surface area contributed by atoms with Crippen LogP contribution in [0.15, 0.2) is 54.6 Å². The minimum absolute atomic E-state index is 0.0143. The van der Waals surface area contributed by atoms with E-state index in [0.717, 1.165) is 12.8 Å². The average molecular weight is 312 g/mol. The van der Waals surface area contributed by atoms with Gasteiger partial charge in [0.05, 0.1) is 11.3 Å². The number of nitrogens with one attached hydrogen (secondary N) is 1. The van der Waals surface area contributed by atoms with Crippen LogP contribution in [-0.2, 0) is 17.6 Å². The first-order valence-electron chi connectivity index (χ1n) is 7.62. The van der Waals surface area contributed by atoms with E-state index in [2.05, 4.69) is 17.4 Å². The Kier molecular flexibility index (Phi) is 5.86. The molecule has 0 bridgehead atoms. The summed E-state index contributed by atoms with van der Waals surface area (Å²) in [4.78, 5) is 22.6. The van der Waals surface area contributed by atoms with E-state index >= 15 is 0 Å². The van der Waals surface area contributed by atoms with Crippen molar-refractivity contribution in [3.63, 3.8) is 0 Å². The van der Waals surface area contributed by atoms with Crippen molar-refractivity contribution in [3.05, 3.63) is 75.8 Å². The largest absolute Gasteiger partial charge is 0.353 e. The molecule has 120 valence electrons. The topological polar surface area (TPSA) is 72.2 Å². The van der Waals surface area contributed by atoms with Crippen LogP contribution in [0.5, 0.6) is 0 Å². The van der Waals surface area contributed by atoms with Gasteiger partial charge in [-0.3, -0.25) is 14.9 Å². The summed E-state index contributed by atoms with van der Waals surface area (Å²) in [6, 6.07) is 16.4. The van der Waals surface area contributed by atoms with Gasteiger partial charge in [0.1, 0.15) is 0 Å². The van der Waals surface area contributed by atoms with E-state index in [1.54, 1.807) is 18.2 Å². The molecule has 23 heavy (non-hydrogen) atoms. The molecule has 1 N–H and O–H groups in total. The second-order valence-electron chi connectivity index (χ2n) is 5.56. The molecule has 5 heteroatoms. The van der Waals surface area contributed by atoms with Gasteiger partial charge in [-0.25, -0.2) is 0 Å². The van der Waals surface area contributed by atoms with E-state index in [9.17, 15) is 14.9 Å². The van der Waals surface area contributed by atoms with Crippen molar-refractivity contribution in [2.45, 2.75) is 32.2 Å². The standard InChI is InChI=1S/C18H20N2O3/c1-14(11-12-15-7-3-2-4-8-15)19-18(21)13-16-9-5-6-10-17(16)20(22)23/h2-10,14H,11-13H2,1H3,(H,19,21). The predicted octanol–water partition coefficient (Wildman–Crippen LogP) is 3.27. The third-order valence-electron chi connectivity index (χ3n) is 3.66. The molecule has 0 fully saturated rings. The van der Waals surface area contributed by atoms with Crippen molar-refractivity contribution < 1.29 is 9.72 Å². The Labute approximate surface area is 135 Å². The first-order valence-corrected chi connectivity index (χ1v) is 7.62. The van der Waals surface area contributed by atoms with Gasteiger partial charge in [-0.05, 0) is 25.3 Å². The van der Waals surface area contributed by atoms with Gasteiger partial charge in [0.25, 0.3) is 5.69 Å². The summed E-state index contributed by atoms with van der Waals surface area (Å²) in [5.41, 5.74) is 1.65. The zero-order chi connectivity index (χ0) is 16.7. The van der Waals surface area contributed by atoms with Crippen LogP contribution in [-0.4, -0.2) is 16.9 Å². The fourth-order valence-corrected chi connectivity index (χ4v) is 2.44. The average Bonchev–Trinajstić information content (AvgIpc) is 2.54. The van der Waals surface area contributed by atoms with Crippen LogP contribution in [0.25, 0.3) is 0 Å². The third kappa shape index (κ3) is 5.21. The number of carbonyl (C=O) groups excluding carboxylic acids is 1. The highest BCUT2D eigenvalue weighted by atomic mass is 16.6. The molecule has 5 nitrogen and oxygen atoms in total. The van der Waals surface area contributed by atoms with Crippen LogP contribution in [0, 0.1) is 10.1 Å². The van der Waals surface area contributed by atoms with Crippen LogP contribution < -0.4 is 5.32 Å². The zero-order valence-corrected chi connectivity index (χ0v) is 13.1. The second-order valence-corrected chi connectivity index (χ2v) is 5.56. The third-order valence-corrected chi connectivity index (χ3v) is 3.66. The predicted molar refractivity (Wildman–Crippen MR) is 89.2 cm³/mol. The Bertz CT molecular complexity index is 671. The van der Waals surface area contributed by atoms with Crippen LogP contribution in [0.3, 0.4) is 0 Å². The number of nitro groups is 1. The van der Waals surface area contributed by atoms with Crippen LogP contribution in [0.4, 0.5) is 5.69 Å². The van der Waals surface area contributed by atoms with Crippen LogP contribution in [0.1, 0.15) is 24.5 Å². The zero-order valence-electron chi connectivity index (χ0n) is 13.1. The highest BCUT2D eigenvalue weighted by Gasteiger charge is 2.16. The monoisotopic (exact) mass is 312 g/mol. The fourth-order valence-electron chi connectivity index (χ4n) is 2.44. The molecule has 1 unspecified atom stereocenters. The highest BCUT2D eigenvalue weighted by Crippen LogP contribution is 2.18. The minimum Gasteiger partial charge on any atom is -0.353 e. The Morgan fingerprint density at radius 3 is 2.48 bits per heavy atom. The number of nitrogens with zero attached hydrogens (tertiary/aromatic N) is 1. The van der Waals surface area contributed by atoms with Gasteiger partial charge in [-0.2, -0.15) is 0 Å². The highest BCUT2D eigenvalue weighted by molar-refractivity contribution is 5.80. The maximum atomic E-state index is 12.1. The first-order chi connectivity index (χ1) is 11.1. The molecule has 0 spiro atoms. The SMILES string of the molecule is CC(CCc1ccccc1)NC(=O)Cc1ccccc1[N+](=O)[O-]. The molecule has 1 atom stereocenters. The maximum absolute atomic E-state index is 12.1. The number of para-hydroxylation sites is 1.